The van der Waals surface area contributed by atoms with E-state index in [4.69, 9.17) is 11.6 Å². The van der Waals surface area contributed by atoms with Gasteiger partial charge in [0.1, 0.15) is 5.01 Å². The molecular formula is C14H10ClN5S2. The Labute approximate surface area is 139 Å². The number of hydrogen-bond donors (Lipinski definition) is 0. The van der Waals surface area contributed by atoms with Crippen molar-refractivity contribution in [2.75, 3.05) is 0 Å². The van der Waals surface area contributed by atoms with Crippen LogP contribution in [0.1, 0.15) is 15.7 Å². The molecule has 22 heavy (non-hydrogen) atoms. The fourth-order valence-electron chi connectivity index (χ4n) is 2.15. The monoisotopic (exact) mass is 347 g/mol. The highest BCUT2D eigenvalue weighted by molar-refractivity contribution is 7.16. The Balaban J connectivity index is 1.71. The van der Waals surface area contributed by atoms with Crippen LogP contribution in [0, 0.1) is 6.92 Å². The number of aryl methyl sites for hydroxylation is 1. The van der Waals surface area contributed by atoms with Crippen molar-refractivity contribution in [3.8, 4) is 11.4 Å². The molecule has 0 unspecified atom stereocenters. The summed E-state index contributed by atoms with van der Waals surface area (Å²) in [6.45, 7) is 2.01. The van der Waals surface area contributed by atoms with Gasteiger partial charge in [-0.25, -0.2) is 4.98 Å². The van der Waals surface area contributed by atoms with Crippen molar-refractivity contribution in [1.82, 2.24) is 24.8 Å². The van der Waals surface area contributed by atoms with Crippen LogP contribution in [0.25, 0.3) is 16.3 Å². The highest BCUT2D eigenvalue weighted by atomic mass is 35.5. The lowest BCUT2D eigenvalue weighted by Crippen LogP contribution is -1.93. The molecule has 0 N–H and O–H groups in total. The molecule has 5 nitrogen and oxygen atoms in total. The summed E-state index contributed by atoms with van der Waals surface area (Å²) in [4.78, 5) is 5.26. The summed E-state index contributed by atoms with van der Waals surface area (Å²) in [5.41, 5.74) is 1.98. The van der Waals surface area contributed by atoms with Crippen molar-refractivity contribution >= 4 is 39.2 Å². The number of fused-ring (bicyclic) bond motifs is 1. The maximum atomic E-state index is 5.93. The SMILES string of the molecule is Cc1nc(Cc2nn3c(-c4ccc(Cl)cc4)nnc3s2)cs1. The molecule has 0 aliphatic carbocycles. The van der Waals surface area contributed by atoms with Crippen molar-refractivity contribution in [3.05, 3.63) is 50.4 Å². The molecule has 0 saturated carbocycles. The van der Waals surface area contributed by atoms with Crippen LogP contribution in [-0.2, 0) is 6.42 Å². The summed E-state index contributed by atoms with van der Waals surface area (Å²) in [7, 11) is 0. The summed E-state index contributed by atoms with van der Waals surface area (Å²) >= 11 is 9.11. The first-order chi connectivity index (χ1) is 10.7. The molecule has 0 fully saturated rings. The lowest BCUT2D eigenvalue weighted by atomic mass is 10.2. The van der Waals surface area contributed by atoms with E-state index in [0.29, 0.717) is 5.02 Å². The van der Waals surface area contributed by atoms with Gasteiger partial charge in [-0.15, -0.1) is 21.5 Å². The molecule has 0 aliphatic rings. The fraction of sp³-hybridized carbons (Fsp3) is 0.143. The van der Waals surface area contributed by atoms with E-state index in [1.54, 1.807) is 15.9 Å². The maximum absolute atomic E-state index is 5.93. The van der Waals surface area contributed by atoms with Crippen LogP contribution in [0.3, 0.4) is 0 Å². The average molecular weight is 348 g/mol. The van der Waals surface area contributed by atoms with E-state index in [1.165, 1.54) is 11.3 Å². The van der Waals surface area contributed by atoms with Crippen molar-refractivity contribution in [2.45, 2.75) is 13.3 Å². The van der Waals surface area contributed by atoms with Crippen molar-refractivity contribution in [2.24, 2.45) is 0 Å². The number of hydrogen-bond acceptors (Lipinski definition) is 6. The molecule has 110 valence electrons. The number of halogens is 1. The number of rotatable bonds is 3. The Bertz CT molecular complexity index is 938. The summed E-state index contributed by atoms with van der Waals surface area (Å²) in [5, 5.41) is 17.8. The van der Waals surface area contributed by atoms with Crippen LogP contribution in [0.2, 0.25) is 5.02 Å². The quantitative estimate of drug-likeness (QED) is 0.564. The Morgan fingerprint density at radius 1 is 1.18 bits per heavy atom. The summed E-state index contributed by atoms with van der Waals surface area (Å²) in [6, 6.07) is 7.51. The first kappa shape index (κ1) is 13.8. The van der Waals surface area contributed by atoms with Gasteiger partial charge in [-0.05, 0) is 31.2 Å². The van der Waals surface area contributed by atoms with Crippen molar-refractivity contribution in [1.29, 1.82) is 0 Å². The zero-order chi connectivity index (χ0) is 15.1. The van der Waals surface area contributed by atoms with Crippen LogP contribution in [0.4, 0.5) is 0 Å². The van der Waals surface area contributed by atoms with Crippen LogP contribution in [0.15, 0.2) is 29.6 Å². The lowest BCUT2D eigenvalue weighted by molar-refractivity contribution is 0.909. The standard InChI is InChI=1S/C14H10ClN5S2/c1-8-16-11(7-21-8)6-12-19-20-13(17-18-14(20)22-12)9-2-4-10(15)5-3-9/h2-5,7H,6H2,1H3. The number of aromatic nitrogens is 5. The summed E-state index contributed by atoms with van der Waals surface area (Å²) < 4.78 is 1.78. The number of thiazole rings is 1. The molecule has 8 heteroatoms. The van der Waals surface area contributed by atoms with E-state index in [-0.39, 0.29) is 0 Å². The van der Waals surface area contributed by atoms with E-state index >= 15 is 0 Å². The molecule has 4 rings (SSSR count). The minimum absolute atomic E-state index is 0.697. The Morgan fingerprint density at radius 3 is 2.73 bits per heavy atom. The minimum Gasteiger partial charge on any atom is -0.246 e. The predicted molar refractivity (Wildman–Crippen MR) is 88.8 cm³/mol. The minimum atomic E-state index is 0.697. The second-order valence-corrected chi connectivity index (χ2v) is 7.29. The van der Waals surface area contributed by atoms with Gasteiger partial charge >= 0.3 is 0 Å². The predicted octanol–water partition coefficient (Wildman–Crippen LogP) is 3.86. The highest BCUT2D eigenvalue weighted by Crippen LogP contribution is 2.24. The van der Waals surface area contributed by atoms with Gasteiger partial charge in [-0.3, -0.25) is 0 Å². The van der Waals surface area contributed by atoms with E-state index in [0.717, 1.165) is 38.5 Å². The molecule has 1 aromatic carbocycles. The first-order valence-electron chi connectivity index (χ1n) is 6.57. The van der Waals surface area contributed by atoms with Crippen LogP contribution < -0.4 is 0 Å². The van der Waals surface area contributed by atoms with E-state index in [2.05, 4.69) is 25.7 Å². The van der Waals surface area contributed by atoms with Gasteiger partial charge in [-0.2, -0.15) is 9.61 Å². The Morgan fingerprint density at radius 2 is 2.00 bits per heavy atom. The zero-order valence-corrected chi connectivity index (χ0v) is 13.9. The molecule has 0 saturated heterocycles. The zero-order valence-electron chi connectivity index (χ0n) is 11.5. The third-order valence-corrected chi connectivity index (χ3v) is 5.11. The number of nitrogens with zero attached hydrogens (tertiary/aromatic N) is 5. The lowest BCUT2D eigenvalue weighted by Gasteiger charge is -1.96. The second kappa shape index (κ2) is 5.42. The van der Waals surface area contributed by atoms with Gasteiger partial charge < -0.3 is 0 Å². The van der Waals surface area contributed by atoms with Gasteiger partial charge in [-0.1, -0.05) is 22.9 Å². The molecule has 0 aliphatic heterocycles. The normalized spacial score (nSPS) is 11.4. The molecule has 0 spiro atoms. The van der Waals surface area contributed by atoms with Crippen molar-refractivity contribution in [3.63, 3.8) is 0 Å². The molecule has 3 heterocycles. The Kier molecular flexibility index (Phi) is 3.40. The highest BCUT2D eigenvalue weighted by Gasteiger charge is 2.14. The molecule has 3 aromatic heterocycles. The van der Waals surface area contributed by atoms with E-state index in [9.17, 15) is 0 Å². The third kappa shape index (κ3) is 2.51. The fourth-order valence-corrected chi connectivity index (χ4v) is 3.74. The summed E-state index contributed by atoms with van der Waals surface area (Å²) in [6.07, 6.45) is 0.721. The smallest absolute Gasteiger partial charge is 0.234 e. The molecule has 0 atom stereocenters. The molecular weight excluding hydrogens is 338 g/mol. The maximum Gasteiger partial charge on any atom is 0.234 e. The summed E-state index contributed by atoms with van der Waals surface area (Å²) in [5.74, 6) is 0.726. The van der Waals surface area contributed by atoms with Gasteiger partial charge in [0.25, 0.3) is 0 Å². The van der Waals surface area contributed by atoms with Gasteiger partial charge in [0.15, 0.2) is 5.82 Å². The van der Waals surface area contributed by atoms with Gasteiger partial charge in [0.2, 0.25) is 4.96 Å². The Hall–Kier alpha value is -1.83. The van der Waals surface area contributed by atoms with Crippen LogP contribution >= 0.6 is 34.3 Å². The van der Waals surface area contributed by atoms with E-state index in [1.807, 2.05) is 31.2 Å². The molecule has 0 amide bonds. The van der Waals surface area contributed by atoms with Crippen LogP contribution in [-0.4, -0.2) is 24.8 Å². The van der Waals surface area contributed by atoms with E-state index < -0.39 is 0 Å². The average Bonchev–Trinajstić information content (AvgIpc) is 3.16. The topological polar surface area (TPSA) is 56.0 Å². The second-order valence-electron chi connectivity index (χ2n) is 4.76. The van der Waals surface area contributed by atoms with Crippen LogP contribution in [0.5, 0.6) is 0 Å². The molecule has 0 radical (unpaired) electrons. The largest absolute Gasteiger partial charge is 0.246 e. The van der Waals surface area contributed by atoms with Crippen molar-refractivity contribution < 1.29 is 0 Å². The first-order valence-corrected chi connectivity index (χ1v) is 8.64. The number of benzene rings is 1. The molecule has 0 bridgehead atoms. The molecule has 4 aromatic rings. The third-order valence-electron chi connectivity index (χ3n) is 3.13. The van der Waals surface area contributed by atoms with Gasteiger partial charge in [0.05, 0.1) is 10.7 Å². The van der Waals surface area contributed by atoms with Gasteiger partial charge in [0, 0.05) is 22.4 Å².